The number of aromatic amines is 1. The molecule has 3 N–H and O–H groups in total. The lowest BCUT2D eigenvalue weighted by Crippen LogP contribution is -2.27. The number of hydrogen-bond acceptors (Lipinski definition) is 3. The first-order valence-corrected chi connectivity index (χ1v) is 6.98. The van der Waals surface area contributed by atoms with Crippen molar-refractivity contribution in [3.05, 3.63) is 48.0 Å². The number of anilines is 2. The van der Waals surface area contributed by atoms with Crippen molar-refractivity contribution in [2.75, 3.05) is 10.6 Å². The molecular weight excluding hydrogens is 285 g/mol. The fourth-order valence-corrected chi connectivity index (χ4v) is 1.85. The van der Waals surface area contributed by atoms with Crippen LogP contribution in [-0.2, 0) is 11.3 Å². The topological polar surface area (TPSA) is 66.2 Å². The van der Waals surface area contributed by atoms with Gasteiger partial charge in [-0.1, -0.05) is 0 Å². The lowest BCUT2D eigenvalue weighted by atomic mass is 10.2. The van der Waals surface area contributed by atoms with Gasteiger partial charge < -0.3 is 15.0 Å². The van der Waals surface area contributed by atoms with Crippen LogP contribution in [-0.4, -0.2) is 16.7 Å². The molecule has 0 spiro atoms. The molecule has 0 radical (unpaired) electrons. The Bertz CT molecular complexity index is 633. The highest BCUT2D eigenvalue weighted by Gasteiger charge is 2.17. The number of aromatic nitrogens is 1. The number of rotatable bonds is 4. The summed E-state index contributed by atoms with van der Waals surface area (Å²) in [6.07, 6.45) is 3.07. The summed E-state index contributed by atoms with van der Waals surface area (Å²) in [6.45, 7) is 5.85. The number of carbonyl (C=O) groups excluding carboxylic acids is 1. The molecule has 0 unspecified atom stereocenters. The molecule has 0 saturated carbocycles. The van der Waals surface area contributed by atoms with Crippen LogP contribution in [0.3, 0.4) is 0 Å². The summed E-state index contributed by atoms with van der Waals surface area (Å²) in [4.78, 5) is 14.8. The van der Waals surface area contributed by atoms with Crippen LogP contribution < -0.4 is 10.6 Å². The number of carbonyl (C=O) groups is 1. The van der Waals surface area contributed by atoms with Gasteiger partial charge in [0.25, 0.3) is 0 Å². The smallest absolute Gasteiger partial charge is 0.412 e. The lowest BCUT2D eigenvalue weighted by molar-refractivity contribution is 0.0636. The minimum Gasteiger partial charge on any atom is -0.444 e. The molecule has 0 aliphatic rings. The Kier molecular flexibility index (Phi) is 4.70. The molecule has 5 nitrogen and oxygen atoms in total. The standard InChI is InChI=1S/C16H20FN3O2/c1-16(2,3)22-15(21)20-13-5-4-12(17)8-14(13)19-10-11-6-7-18-9-11/h4-9,18-19H,10H2,1-3H3,(H,20,21). The van der Waals surface area contributed by atoms with Crippen molar-refractivity contribution >= 4 is 17.5 Å². The average molecular weight is 305 g/mol. The number of amides is 1. The molecule has 1 aromatic heterocycles. The second-order valence-corrected chi connectivity index (χ2v) is 5.89. The van der Waals surface area contributed by atoms with Gasteiger partial charge >= 0.3 is 6.09 Å². The molecule has 6 heteroatoms. The molecular formula is C16H20FN3O2. The minimum atomic E-state index is -0.594. The van der Waals surface area contributed by atoms with Gasteiger partial charge in [-0.05, 0) is 50.6 Å². The van der Waals surface area contributed by atoms with E-state index in [0.717, 1.165) is 5.56 Å². The Morgan fingerprint density at radius 2 is 2.05 bits per heavy atom. The van der Waals surface area contributed by atoms with Crippen LogP contribution in [0.1, 0.15) is 26.3 Å². The quantitative estimate of drug-likeness (QED) is 0.796. The van der Waals surface area contributed by atoms with Crippen molar-refractivity contribution in [2.45, 2.75) is 32.9 Å². The molecule has 1 heterocycles. The monoisotopic (exact) mass is 305 g/mol. The SMILES string of the molecule is CC(C)(C)OC(=O)Nc1ccc(F)cc1NCc1cc[nH]c1. The first-order chi connectivity index (χ1) is 10.3. The van der Waals surface area contributed by atoms with E-state index in [-0.39, 0.29) is 5.82 Å². The number of ether oxygens (including phenoxy) is 1. The zero-order valence-electron chi connectivity index (χ0n) is 12.9. The normalized spacial score (nSPS) is 11.1. The molecule has 0 saturated heterocycles. The van der Waals surface area contributed by atoms with Crippen molar-refractivity contribution < 1.29 is 13.9 Å². The summed E-state index contributed by atoms with van der Waals surface area (Å²) >= 11 is 0. The Labute approximate surface area is 128 Å². The summed E-state index contributed by atoms with van der Waals surface area (Å²) in [7, 11) is 0. The highest BCUT2D eigenvalue weighted by Crippen LogP contribution is 2.24. The van der Waals surface area contributed by atoms with Crippen molar-refractivity contribution in [1.29, 1.82) is 0 Å². The van der Waals surface area contributed by atoms with Crippen LogP contribution in [0.25, 0.3) is 0 Å². The fraction of sp³-hybridized carbons (Fsp3) is 0.312. The van der Waals surface area contributed by atoms with Gasteiger partial charge in [0.2, 0.25) is 0 Å². The van der Waals surface area contributed by atoms with Gasteiger partial charge in [-0.3, -0.25) is 5.32 Å². The third-order valence-corrected chi connectivity index (χ3v) is 2.76. The van der Waals surface area contributed by atoms with Crippen molar-refractivity contribution in [3.8, 4) is 0 Å². The Morgan fingerprint density at radius 3 is 2.68 bits per heavy atom. The van der Waals surface area contributed by atoms with Crippen molar-refractivity contribution in [2.24, 2.45) is 0 Å². The van der Waals surface area contributed by atoms with E-state index in [1.54, 1.807) is 20.8 Å². The molecule has 118 valence electrons. The third kappa shape index (κ3) is 4.80. The van der Waals surface area contributed by atoms with Gasteiger partial charge in [0.15, 0.2) is 0 Å². The molecule has 0 bridgehead atoms. The molecule has 0 atom stereocenters. The summed E-state index contributed by atoms with van der Waals surface area (Å²) in [5.74, 6) is -0.383. The zero-order valence-corrected chi connectivity index (χ0v) is 12.9. The summed E-state index contributed by atoms with van der Waals surface area (Å²) < 4.78 is 18.6. The van der Waals surface area contributed by atoms with E-state index in [2.05, 4.69) is 15.6 Å². The number of halogens is 1. The number of hydrogen-bond donors (Lipinski definition) is 3. The van der Waals surface area contributed by atoms with E-state index in [1.807, 2.05) is 18.5 Å². The lowest BCUT2D eigenvalue weighted by Gasteiger charge is -2.20. The fourth-order valence-electron chi connectivity index (χ4n) is 1.85. The van der Waals surface area contributed by atoms with Crippen LogP contribution in [0.2, 0.25) is 0 Å². The summed E-state index contributed by atoms with van der Waals surface area (Å²) in [5, 5.41) is 5.72. The van der Waals surface area contributed by atoms with Gasteiger partial charge in [0.1, 0.15) is 11.4 Å². The maximum absolute atomic E-state index is 13.4. The first-order valence-electron chi connectivity index (χ1n) is 6.98. The Balaban J connectivity index is 2.08. The average Bonchev–Trinajstić information content (AvgIpc) is 2.90. The van der Waals surface area contributed by atoms with E-state index < -0.39 is 11.7 Å². The highest BCUT2D eigenvalue weighted by atomic mass is 19.1. The Morgan fingerprint density at radius 1 is 1.27 bits per heavy atom. The zero-order chi connectivity index (χ0) is 16.2. The molecule has 0 aliphatic carbocycles. The van der Waals surface area contributed by atoms with E-state index in [1.165, 1.54) is 18.2 Å². The molecule has 0 aliphatic heterocycles. The minimum absolute atomic E-state index is 0.383. The van der Waals surface area contributed by atoms with Gasteiger partial charge in [0, 0.05) is 18.9 Å². The van der Waals surface area contributed by atoms with Crippen LogP contribution in [0.5, 0.6) is 0 Å². The predicted octanol–water partition coefficient (Wildman–Crippen LogP) is 4.11. The highest BCUT2D eigenvalue weighted by molar-refractivity contribution is 5.89. The summed E-state index contributed by atoms with van der Waals surface area (Å²) in [6, 6.07) is 6.03. The Hall–Kier alpha value is -2.50. The van der Waals surface area contributed by atoms with Gasteiger partial charge in [-0.25, -0.2) is 9.18 Å². The molecule has 1 amide bonds. The van der Waals surface area contributed by atoms with Crippen LogP contribution >= 0.6 is 0 Å². The molecule has 22 heavy (non-hydrogen) atoms. The second kappa shape index (κ2) is 6.51. The molecule has 2 aromatic rings. The van der Waals surface area contributed by atoms with Crippen LogP contribution in [0.15, 0.2) is 36.7 Å². The van der Waals surface area contributed by atoms with Gasteiger partial charge in [-0.15, -0.1) is 0 Å². The van der Waals surface area contributed by atoms with E-state index >= 15 is 0 Å². The molecule has 2 rings (SSSR count). The van der Waals surface area contributed by atoms with Gasteiger partial charge in [0.05, 0.1) is 11.4 Å². The van der Waals surface area contributed by atoms with E-state index in [0.29, 0.717) is 17.9 Å². The van der Waals surface area contributed by atoms with Crippen LogP contribution in [0.4, 0.5) is 20.6 Å². The maximum Gasteiger partial charge on any atom is 0.412 e. The third-order valence-electron chi connectivity index (χ3n) is 2.76. The van der Waals surface area contributed by atoms with E-state index in [9.17, 15) is 9.18 Å². The van der Waals surface area contributed by atoms with Crippen molar-refractivity contribution in [1.82, 2.24) is 4.98 Å². The largest absolute Gasteiger partial charge is 0.444 e. The van der Waals surface area contributed by atoms with Crippen molar-refractivity contribution in [3.63, 3.8) is 0 Å². The second-order valence-electron chi connectivity index (χ2n) is 5.89. The first kappa shape index (κ1) is 15.9. The number of nitrogens with one attached hydrogen (secondary N) is 3. The molecule has 1 aromatic carbocycles. The number of H-pyrrole nitrogens is 1. The summed E-state index contributed by atoms with van der Waals surface area (Å²) in [5.41, 5.74) is 1.38. The van der Waals surface area contributed by atoms with Gasteiger partial charge in [-0.2, -0.15) is 0 Å². The predicted molar refractivity (Wildman–Crippen MR) is 84.4 cm³/mol. The molecule has 0 fully saturated rings. The maximum atomic E-state index is 13.4. The van der Waals surface area contributed by atoms with E-state index in [4.69, 9.17) is 4.74 Å². The number of benzene rings is 1. The van der Waals surface area contributed by atoms with Crippen LogP contribution in [0, 0.1) is 5.82 Å².